The summed E-state index contributed by atoms with van der Waals surface area (Å²) < 4.78 is 13.0. The summed E-state index contributed by atoms with van der Waals surface area (Å²) in [6.45, 7) is 3.56. The second-order valence-corrected chi connectivity index (χ2v) is 5.66. The summed E-state index contributed by atoms with van der Waals surface area (Å²) in [5.41, 5.74) is 2.04. The van der Waals surface area contributed by atoms with E-state index in [4.69, 9.17) is 0 Å². The highest BCUT2D eigenvalue weighted by atomic mass is 19.1. The van der Waals surface area contributed by atoms with E-state index in [1.165, 1.54) is 12.1 Å². The largest absolute Gasteiger partial charge is 0.368 e. The van der Waals surface area contributed by atoms with E-state index in [2.05, 4.69) is 25.8 Å². The van der Waals surface area contributed by atoms with Gasteiger partial charge in [0.15, 0.2) is 0 Å². The van der Waals surface area contributed by atoms with E-state index in [1.54, 1.807) is 6.33 Å². The van der Waals surface area contributed by atoms with E-state index in [0.29, 0.717) is 0 Å². The van der Waals surface area contributed by atoms with E-state index in [-0.39, 0.29) is 5.82 Å². The molecule has 1 aromatic heterocycles. The number of hydrogen-bond acceptors (Lipinski definition) is 4. The van der Waals surface area contributed by atoms with Crippen molar-refractivity contribution in [2.75, 3.05) is 36.0 Å². The molecule has 1 fully saturated rings. The first-order chi connectivity index (χ1) is 11.3. The first-order valence-electron chi connectivity index (χ1n) is 7.76. The molecule has 2 aromatic carbocycles. The Labute approximate surface area is 134 Å². The van der Waals surface area contributed by atoms with Crippen molar-refractivity contribution >= 4 is 22.4 Å². The summed E-state index contributed by atoms with van der Waals surface area (Å²) in [6.07, 6.45) is 1.63. The molecule has 116 valence electrons. The van der Waals surface area contributed by atoms with Crippen molar-refractivity contribution < 1.29 is 4.39 Å². The van der Waals surface area contributed by atoms with Gasteiger partial charge in [0.1, 0.15) is 18.0 Å². The number of para-hydroxylation sites is 1. The Bertz CT molecular complexity index is 805. The number of hydrogen-bond donors (Lipinski definition) is 0. The normalized spacial score (nSPS) is 15.2. The van der Waals surface area contributed by atoms with Crippen LogP contribution in [0.5, 0.6) is 0 Å². The molecule has 5 heteroatoms. The molecule has 0 aliphatic carbocycles. The molecule has 23 heavy (non-hydrogen) atoms. The second-order valence-electron chi connectivity index (χ2n) is 5.66. The predicted molar refractivity (Wildman–Crippen MR) is 90.4 cm³/mol. The van der Waals surface area contributed by atoms with Gasteiger partial charge in [-0.1, -0.05) is 12.1 Å². The summed E-state index contributed by atoms with van der Waals surface area (Å²) in [6, 6.07) is 14.8. The molecule has 0 spiro atoms. The molecule has 0 saturated carbocycles. The van der Waals surface area contributed by atoms with Gasteiger partial charge in [-0.25, -0.2) is 14.4 Å². The Kier molecular flexibility index (Phi) is 3.54. The summed E-state index contributed by atoms with van der Waals surface area (Å²) in [4.78, 5) is 13.4. The van der Waals surface area contributed by atoms with E-state index < -0.39 is 0 Å². The van der Waals surface area contributed by atoms with Crippen LogP contribution in [0.25, 0.3) is 10.9 Å². The van der Waals surface area contributed by atoms with Crippen LogP contribution in [-0.4, -0.2) is 36.1 Å². The van der Waals surface area contributed by atoms with Crippen LogP contribution in [0.3, 0.4) is 0 Å². The lowest BCUT2D eigenvalue weighted by Crippen LogP contribution is -2.46. The topological polar surface area (TPSA) is 32.3 Å². The molecule has 0 amide bonds. The van der Waals surface area contributed by atoms with Gasteiger partial charge in [0.2, 0.25) is 0 Å². The Balaban J connectivity index is 1.54. The zero-order valence-corrected chi connectivity index (χ0v) is 12.7. The third-order valence-corrected chi connectivity index (χ3v) is 4.29. The fourth-order valence-electron chi connectivity index (χ4n) is 3.07. The summed E-state index contributed by atoms with van der Waals surface area (Å²) in [7, 11) is 0. The number of nitrogens with zero attached hydrogens (tertiary/aromatic N) is 4. The fourth-order valence-corrected chi connectivity index (χ4v) is 3.07. The van der Waals surface area contributed by atoms with Crippen molar-refractivity contribution in [1.82, 2.24) is 9.97 Å². The Morgan fingerprint density at radius 2 is 1.48 bits per heavy atom. The summed E-state index contributed by atoms with van der Waals surface area (Å²) in [5.74, 6) is 0.800. The summed E-state index contributed by atoms with van der Waals surface area (Å²) in [5, 5.41) is 1.09. The maximum atomic E-state index is 13.0. The lowest BCUT2D eigenvalue weighted by molar-refractivity contribution is 0.624. The maximum absolute atomic E-state index is 13.0. The Morgan fingerprint density at radius 1 is 0.783 bits per heavy atom. The third-order valence-electron chi connectivity index (χ3n) is 4.29. The van der Waals surface area contributed by atoms with Gasteiger partial charge in [-0.15, -0.1) is 0 Å². The molecule has 1 aliphatic heterocycles. The molecule has 0 atom stereocenters. The quantitative estimate of drug-likeness (QED) is 0.728. The standard InChI is InChI=1S/C18H17FN4/c19-14-5-7-15(8-6-14)22-9-11-23(12-10-22)18-16-3-1-2-4-17(16)20-13-21-18/h1-8,13H,9-12H2. The van der Waals surface area contributed by atoms with Crippen molar-refractivity contribution in [2.24, 2.45) is 0 Å². The van der Waals surface area contributed by atoms with Gasteiger partial charge in [0, 0.05) is 37.3 Å². The first-order valence-corrected chi connectivity index (χ1v) is 7.76. The van der Waals surface area contributed by atoms with Gasteiger partial charge >= 0.3 is 0 Å². The molecule has 0 N–H and O–H groups in total. The number of aromatic nitrogens is 2. The van der Waals surface area contributed by atoms with Crippen LogP contribution in [0.4, 0.5) is 15.9 Å². The van der Waals surface area contributed by atoms with Crippen LogP contribution in [-0.2, 0) is 0 Å². The lowest BCUT2D eigenvalue weighted by atomic mass is 10.2. The van der Waals surface area contributed by atoms with Crippen LogP contribution >= 0.6 is 0 Å². The smallest absolute Gasteiger partial charge is 0.140 e. The first kappa shape index (κ1) is 13.9. The number of halogens is 1. The number of piperazine rings is 1. The Hall–Kier alpha value is -2.69. The molecule has 0 unspecified atom stereocenters. The molecule has 1 aliphatic rings. The van der Waals surface area contributed by atoms with Crippen molar-refractivity contribution in [3.63, 3.8) is 0 Å². The highest BCUT2D eigenvalue weighted by Gasteiger charge is 2.20. The lowest BCUT2D eigenvalue weighted by Gasteiger charge is -2.37. The fraction of sp³-hybridized carbons (Fsp3) is 0.222. The van der Waals surface area contributed by atoms with Crippen LogP contribution in [0.1, 0.15) is 0 Å². The van der Waals surface area contributed by atoms with E-state index in [0.717, 1.165) is 48.6 Å². The van der Waals surface area contributed by atoms with Gasteiger partial charge in [0.25, 0.3) is 0 Å². The minimum Gasteiger partial charge on any atom is -0.368 e. The number of anilines is 2. The molecule has 4 rings (SSSR count). The van der Waals surface area contributed by atoms with Crippen molar-refractivity contribution in [3.8, 4) is 0 Å². The highest BCUT2D eigenvalue weighted by Crippen LogP contribution is 2.25. The molecule has 0 bridgehead atoms. The zero-order chi connectivity index (χ0) is 15.6. The van der Waals surface area contributed by atoms with Gasteiger partial charge in [-0.2, -0.15) is 0 Å². The van der Waals surface area contributed by atoms with Gasteiger partial charge < -0.3 is 9.80 Å². The average Bonchev–Trinajstić information content (AvgIpc) is 2.62. The van der Waals surface area contributed by atoms with Crippen LogP contribution in [0, 0.1) is 5.82 Å². The van der Waals surface area contributed by atoms with Crippen LogP contribution in [0.2, 0.25) is 0 Å². The van der Waals surface area contributed by atoms with E-state index in [1.807, 2.05) is 30.3 Å². The molecule has 3 aromatic rings. The molecule has 2 heterocycles. The number of rotatable bonds is 2. The molecule has 1 saturated heterocycles. The zero-order valence-electron chi connectivity index (χ0n) is 12.7. The third kappa shape index (κ3) is 2.70. The van der Waals surface area contributed by atoms with Crippen molar-refractivity contribution in [3.05, 3.63) is 60.7 Å². The number of benzene rings is 2. The Morgan fingerprint density at radius 3 is 2.26 bits per heavy atom. The number of fused-ring (bicyclic) bond motifs is 1. The highest BCUT2D eigenvalue weighted by molar-refractivity contribution is 5.89. The van der Waals surface area contributed by atoms with Crippen molar-refractivity contribution in [2.45, 2.75) is 0 Å². The summed E-state index contributed by atoms with van der Waals surface area (Å²) >= 11 is 0. The van der Waals surface area contributed by atoms with E-state index in [9.17, 15) is 4.39 Å². The van der Waals surface area contributed by atoms with Gasteiger partial charge in [0.05, 0.1) is 5.52 Å². The van der Waals surface area contributed by atoms with Crippen LogP contribution in [0.15, 0.2) is 54.9 Å². The second kappa shape index (κ2) is 5.83. The molecular weight excluding hydrogens is 291 g/mol. The minimum absolute atomic E-state index is 0.195. The van der Waals surface area contributed by atoms with Crippen molar-refractivity contribution in [1.29, 1.82) is 0 Å². The monoisotopic (exact) mass is 308 g/mol. The molecular formula is C18H17FN4. The van der Waals surface area contributed by atoms with Crippen LogP contribution < -0.4 is 9.80 Å². The van der Waals surface area contributed by atoms with Gasteiger partial charge in [-0.05, 0) is 36.4 Å². The predicted octanol–water partition coefficient (Wildman–Crippen LogP) is 3.10. The molecule has 4 nitrogen and oxygen atoms in total. The SMILES string of the molecule is Fc1ccc(N2CCN(c3ncnc4ccccc34)CC2)cc1. The van der Waals surface area contributed by atoms with Gasteiger partial charge in [-0.3, -0.25) is 0 Å². The molecule has 0 radical (unpaired) electrons. The maximum Gasteiger partial charge on any atom is 0.140 e. The average molecular weight is 308 g/mol. The minimum atomic E-state index is -0.195. The van der Waals surface area contributed by atoms with E-state index >= 15 is 0 Å².